The van der Waals surface area contributed by atoms with E-state index in [1.165, 1.54) is 63.9 Å². The number of hydrogen-bond acceptors (Lipinski definition) is 9. The minimum atomic E-state index is -0.609. The monoisotopic (exact) mass is 750 g/mol. The van der Waals surface area contributed by atoms with Gasteiger partial charge in [-0.15, -0.1) is 5.11 Å². The van der Waals surface area contributed by atoms with Crippen LogP contribution in [0.15, 0.2) is 101 Å². The maximum absolute atomic E-state index is 13.3. The van der Waals surface area contributed by atoms with Gasteiger partial charge in [0.25, 0.3) is 0 Å². The van der Waals surface area contributed by atoms with E-state index in [-0.39, 0.29) is 17.2 Å². The number of rotatable bonds is 26. The lowest BCUT2D eigenvalue weighted by Crippen LogP contribution is -2.10. The zero-order valence-electron chi connectivity index (χ0n) is 32.9. The molecule has 0 saturated carbocycles. The highest BCUT2D eigenvalue weighted by atomic mass is 16.5. The van der Waals surface area contributed by atoms with E-state index in [0.29, 0.717) is 48.1 Å². The van der Waals surface area contributed by atoms with Crippen LogP contribution in [0, 0.1) is 0 Å². The van der Waals surface area contributed by atoms with Gasteiger partial charge in [0.2, 0.25) is 0 Å². The predicted octanol–water partition coefficient (Wildman–Crippen LogP) is 13.2. The molecule has 0 aliphatic heterocycles. The van der Waals surface area contributed by atoms with E-state index >= 15 is 0 Å². The van der Waals surface area contributed by atoms with Gasteiger partial charge >= 0.3 is 11.9 Å². The van der Waals surface area contributed by atoms with Crippen LogP contribution in [-0.2, 0) is 0 Å². The number of nitrogens with zero attached hydrogens (tertiary/aromatic N) is 2. The summed E-state index contributed by atoms with van der Waals surface area (Å²) in [7, 11) is 0. The predicted molar refractivity (Wildman–Crippen MR) is 218 cm³/mol. The molecule has 0 radical (unpaired) electrons. The molecule has 0 aromatic heterocycles. The van der Waals surface area contributed by atoms with Crippen molar-refractivity contribution in [3.63, 3.8) is 0 Å². The summed E-state index contributed by atoms with van der Waals surface area (Å²) in [6.07, 6.45) is 16.8. The second kappa shape index (κ2) is 25.0. The standard InChI is InChI=1S/C46H58N2O7/c1-4-7-10-11-12-13-14-15-16-17-34-53-41-28-22-38(23-29-41)47-48-43-31-30-42(54-45(49)36-18-24-39(25-19-36)51-32-8-5-2)35-44(43)55-46(50)37-20-26-40(27-21-37)52-33-9-6-3/h18-31,35H,4-17,32-34H2,1-3H3. The van der Waals surface area contributed by atoms with Crippen molar-refractivity contribution in [1.82, 2.24) is 0 Å². The Labute approximate surface area is 327 Å². The maximum atomic E-state index is 13.3. The molecule has 0 N–H and O–H groups in total. The lowest BCUT2D eigenvalue weighted by molar-refractivity contribution is 0.0733. The van der Waals surface area contributed by atoms with Gasteiger partial charge in [0.1, 0.15) is 28.7 Å². The maximum Gasteiger partial charge on any atom is 0.343 e. The fourth-order valence-electron chi connectivity index (χ4n) is 5.59. The van der Waals surface area contributed by atoms with E-state index in [1.54, 1.807) is 60.7 Å². The van der Waals surface area contributed by atoms with Gasteiger partial charge in [-0.25, -0.2) is 9.59 Å². The normalized spacial score (nSPS) is 11.0. The summed E-state index contributed by atoms with van der Waals surface area (Å²) < 4.78 is 28.9. The highest BCUT2D eigenvalue weighted by molar-refractivity contribution is 5.93. The first-order valence-corrected chi connectivity index (χ1v) is 20.2. The number of unbranched alkanes of at least 4 members (excludes halogenated alkanes) is 11. The SMILES string of the molecule is CCCCCCCCCCCCOc1ccc(N=Nc2ccc(OC(=O)c3ccc(OCCCC)cc3)cc2OC(=O)c2ccc(OCCCC)cc2)cc1. The van der Waals surface area contributed by atoms with Gasteiger partial charge < -0.3 is 23.7 Å². The average molecular weight is 751 g/mol. The minimum absolute atomic E-state index is 0.0819. The number of hydrogen-bond donors (Lipinski definition) is 0. The molecule has 0 heterocycles. The van der Waals surface area contributed by atoms with Gasteiger partial charge in [-0.1, -0.05) is 91.4 Å². The quantitative estimate of drug-likeness (QED) is 0.0272. The number of carbonyl (C=O) groups excluding carboxylic acids is 2. The summed E-state index contributed by atoms with van der Waals surface area (Å²) in [5, 5.41) is 8.77. The molecule has 4 aromatic rings. The van der Waals surface area contributed by atoms with Crippen molar-refractivity contribution in [2.24, 2.45) is 10.2 Å². The van der Waals surface area contributed by atoms with E-state index in [4.69, 9.17) is 23.7 Å². The lowest BCUT2D eigenvalue weighted by atomic mass is 10.1. The van der Waals surface area contributed by atoms with Crippen molar-refractivity contribution >= 4 is 23.3 Å². The highest BCUT2D eigenvalue weighted by Gasteiger charge is 2.16. The van der Waals surface area contributed by atoms with Gasteiger partial charge in [0, 0.05) is 6.07 Å². The summed E-state index contributed by atoms with van der Waals surface area (Å²) in [6, 6.07) is 25.5. The van der Waals surface area contributed by atoms with Gasteiger partial charge in [0.05, 0.1) is 36.6 Å². The topological polar surface area (TPSA) is 105 Å². The summed E-state index contributed by atoms with van der Waals surface area (Å²) in [6.45, 7) is 8.34. The molecule has 0 amide bonds. The van der Waals surface area contributed by atoms with Gasteiger partial charge in [-0.05, 0) is 104 Å². The molecule has 0 spiro atoms. The molecule has 4 rings (SSSR count). The number of carbonyl (C=O) groups is 2. The molecule has 0 unspecified atom stereocenters. The molecule has 0 saturated heterocycles. The Morgan fingerprint density at radius 3 is 1.36 bits per heavy atom. The van der Waals surface area contributed by atoms with Crippen LogP contribution in [0.25, 0.3) is 0 Å². The minimum Gasteiger partial charge on any atom is -0.494 e. The van der Waals surface area contributed by atoms with E-state index in [0.717, 1.165) is 37.9 Å². The fraction of sp³-hybridized carbons (Fsp3) is 0.435. The Balaban J connectivity index is 1.38. The summed E-state index contributed by atoms with van der Waals surface area (Å²) >= 11 is 0. The molecule has 4 aromatic carbocycles. The van der Waals surface area contributed by atoms with Crippen molar-refractivity contribution in [3.05, 3.63) is 102 Å². The van der Waals surface area contributed by atoms with E-state index in [9.17, 15) is 9.59 Å². The molecule has 0 fully saturated rings. The van der Waals surface area contributed by atoms with Crippen LogP contribution in [0.5, 0.6) is 28.7 Å². The van der Waals surface area contributed by atoms with Gasteiger partial charge in [0.15, 0.2) is 5.75 Å². The number of benzene rings is 4. The molecule has 0 atom stereocenters. The van der Waals surface area contributed by atoms with Crippen LogP contribution < -0.4 is 23.7 Å². The summed E-state index contributed by atoms with van der Waals surface area (Å²) in [4.78, 5) is 26.3. The van der Waals surface area contributed by atoms with Crippen LogP contribution in [0.2, 0.25) is 0 Å². The first kappa shape index (κ1) is 42.6. The van der Waals surface area contributed by atoms with E-state index < -0.39 is 11.9 Å². The second-order valence-corrected chi connectivity index (χ2v) is 13.6. The van der Waals surface area contributed by atoms with Crippen LogP contribution in [0.1, 0.15) is 131 Å². The molecule has 9 nitrogen and oxygen atoms in total. The third-order valence-electron chi connectivity index (χ3n) is 8.93. The van der Waals surface area contributed by atoms with Crippen LogP contribution >= 0.6 is 0 Å². The number of esters is 2. The molecule has 0 aliphatic rings. The zero-order valence-corrected chi connectivity index (χ0v) is 32.9. The third kappa shape index (κ3) is 16.0. The van der Waals surface area contributed by atoms with Crippen molar-refractivity contribution in [2.45, 2.75) is 111 Å². The first-order valence-electron chi connectivity index (χ1n) is 20.2. The van der Waals surface area contributed by atoms with Crippen molar-refractivity contribution in [2.75, 3.05) is 19.8 Å². The molecule has 0 aliphatic carbocycles. The summed E-state index contributed by atoms with van der Waals surface area (Å²) in [5.41, 5.74) is 1.55. The van der Waals surface area contributed by atoms with Gasteiger partial charge in [-0.2, -0.15) is 5.11 Å². The Bertz CT molecular complexity index is 1720. The van der Waals surface area contributed by atoms with Crippen molar-refractivity contribution in [3.8, 4) is 28.7 Å². The second-order valence-electron chi connectivity index (χ2n) is 13.6. The third-order valence-corrected chi connectivity index (χ3v) is 8.93. The van der Waals surface area contributed by atoms with Gasteiger partial charge in [-0.3, -0.25) is 0 Å². The molecule has 55 heavy (non-hydrogen) atoms. The molecular weight excluding hydrogens is 693 g/mol. The largest absolute Gasteiger partial charge is 0.494 e. The van der Waals surface area contributed by atoms with Crippen LogP contribution in [0.4, 0.5) is 11.4 Å². The number of azo groups is 1. The Kier molecular flexibility index (Phi) is 19.3. The first-order chi connectivity index (χ1) is 27.0. The van der Waals surface area contributed by atoms with E-state index in [1.807, 2.05) is 24.3 Å². The molecular formula is C46H58N2O7. The fourth-order valence-corrected chi connectivity index (χ4v) is 5.59. The van der Waals surface area contributed by atoms with Crippen molar-refractivity contribution < 1.29 is 33.3 Å². The Morgan fingerprint density at radius 2 is 0.855 bits per heavy atom. The Hall–Kier alpha value is -5.18. The Morgan fingerprint density at radius 1 is 0.436 bits per heavy atom. The zero-order chi connectivity index (χ0) is 38.9. The molecule has 0 bridgehead atoms. The highest BCUT2D eigenvalue weighted by Crippen LogP contribution is 2.34. The molecule has 9 heteroatoms. The molecule has 294 valence electrons. The smallest absolute Gasteiger partial charge is 0.343 e. The van der Waals surface area contributed by atoms with Crippen LogP contribution in [-0.4, -0.2) is 31.8 Å². The van der Waals surface area contributed by atoms with Crippen molar-refractivity contribution in [1.29, 1.82) is 0 Å². The lowest BCUT2D eigenvalue weighted by Gasteiger charge is -2.11. The average Bonchev–Trinajstić information content (AvgIpc) is 3.21. The van der Waals surface area contributed by atoms with E-state index in [2.05, 4.69) is 31.0 Å². The summed E-state index contributed by atoms with van der Waals surface area (Å²) in [5.74, 6) is 1.21. The van der Waals surface area contributed by atoms with Crippen LogP contribution in [0.3, 0.4) is 0 Å². The number of ether oxygens (including phenoxy) is 5.